The zero-order valence-corrected chi connectivity index (χ0v) is 18.6. The van der Waals surface area contributed by atoms with Crippen molar-refractivity contribution in [2.45, 2.75) is 39.2 Å². The van der Waals surface area contributed by atoms with E-state index in [2.05, 4.69) is 58.3 Å². The molecule has 1 atom stereocenters. The first kappa shape index (κ1) is 21.9. The number of amides is 1. The summed E-state index contributed by atoms with van der Waals surface area (Å²) in [5.74, 6) is 1.41. The molecule has 0 bridgehead atoms. The Kier molecular flexibility index (Phi) is 6.78. The molecule has 32 heavy (non-hydrogen) atoms. The fraction of sp³-hybridized carbons (Fsp3) is 0.346. The largest absolute Gasteiger partial charge is 0.356 e. The van der Waals surface area contributed by atoms with Crippen molar-refractivity contribution < 1.29 is 9.18 Å². The van der Waals surface area contributed by atoms with Gasteiger partial charge in [0.05, 0.1) is 5.92 Å². The Hall–Kier alpha value is -3.28. The monoisotopic (exact) mass is 432 g/mol. The van der Waals surface area contributed by atoms with Gasteiger partial charge in [-0.05, 0) is 48.1 Å². The van der Waals surface area contributed by atoms with Crippen LogP contribution in [0.3, 0.4) is 0 Å². The van der Waals surface area contributed by atoms with E-state index >= 15 is 0 Å². The number of hydrogen-bond acceptors (Lipinski definition) is 4. The van der Waals surface area contributed by atoms with Gasteiger partial charge in [0, 0.05) is 31.4 Å². The van der Waals surface area contributed by atoms with Gasteiger partial charge in [-0.3, -0.25) is 4.79 Å². The molecule has 1 N–H and O–H groups in total. The molecule has 1 saturated heterocycles. The SMILES string of the molecule is CC(C)c1ccc(CNC(=O)C2CCCN(c3ccnc(-c4cccc(F)c4)n3)C2)cc1. The van der Waals surface area contributed by atoms with E-state index in [-0.39, 0.29) is 17.6 Å². The first-order valence-electron chi connectivity index (χ1n) is 11.2. The second-order valence-corrected chi connectivity index (χ2v) is 8.65. The van der Waals surface area contributed by atoms with Gasteiger partial charge in [0.1, 0.15) is 11.6 Å². The number of halogens is 1. The molecule has 1 aliphatic heterocycles. The Labute approximate surface area is 188 Å². The summed E-state index contributed by atoms with van der Waals surface area (Å²) >= 11 is 0. The molecule has 2 heterocycles. The number of rotatable bonds is 6. The van der Waals surface area contributed by atoms with E-state index in [0.29, 0.717) is 30.4 Å². The summed E-state index contributed by atoms with van der Waals surface area (Å²) in [6.07, 6.45) is 3.46. The predicted octanol–water partition coefficient (Wildman–Crippen LogP) is 4.94. The molecule has 1 fully saturated rings. The molecule has 4 rings (SSSR count). The zero-order valence-electron chi connectivity index (χ0n) is 18.6. The first-order chi connectivity index (χ1) is 15.5. The van der Waals surface area contributed by atoms with Crippen LogP contribution in [0.5, 0.6) is 0 Å². The lowest BCUT2D eigenvalue weighted by atomic mass is 9.97. The van der Waals surface area contributed by atoms with Gasteiger partial charge in [0.15, 0.2) is 5.82 Å². The number of piperidine rings is 1. The molecule has 0 saturated carbocycles. The highest BCUT2D eigenvalue weighted by atomic mass is 19.1. The maximum absolute atomic E-state index is 13.6. The van der Waals surface area contributed by atoms with Crippen LogP contribution in [0.2, 0.25) is 0 Å². The maximum Gasteiger partial charge on any atom is 0.225 e. The Morgan fingerprint density at radius 2 is 2.00 bits per heavy atom. The molecule has 2 aromatic carbocycles. The third-order valence-corrected chi connectivity index (χ3v) is 5.95. The Bertz CT molecular complexity index is 1070. The molecular weight excluding hydrogens is 403 g/mol. The van der Waals surface area contributed by atoms with Crippen molar-refractivity contribution in [3.8, 4) is 11.4 Å². The van der Waals surface area contributed by atoms with E-state index in [4.69, 9.17) is 0 Å². The van der Waals surface area contributed by atoms with Crippen LogP contribution in [0.1, 0.15) is 43.7 Å². The van der Waals surface area contributed by atoms with Gasteiger partial charge < -0.3 is 10.2 Å². The lowest BCUT2D eigenvalue weighted by molar-refractivity contribution is -0.125. The zero-order chi connectivity index (χ0) is 22.5. The van der Waals surface area contributed by atoms with Crippen molar-refractivity contribution in [2.24, 2.45) is 5.92 Å². The second-order valence-electron chi connectivity index (χ2n) is 8.65. The molecule has 166 valence electrons. The molecule has 5 nitrogen and oxygen atoms in total. The van der Waals surface area contributed by atoms with Crippen molar-refractivity contribution in [1.82, 2.24) is 15.3 Å². The number of anilines is 1. The Morgan fingerprint density at radius 3 is 2.75 bits per heavy atom. The highest BCUT2D eigenvalue weighted by molar-refractivity contribution is 5.79. The predicted molar refractivity (Wildman–Crippen MR) is 125 cm³/mol. The van der Waals surface area contributed by atoms with Gasteiger partial charge in [-0.2, -0.15) is 0 Å². The molecule has 0 spiro atoms. The van der Waals surface area contributed by atoms with Gasteiger partial charge >= 0.3 is 0 Å². The molecule has 3 aromatic rings. The lowest BCUT2D eigenvalue weighted by Crippen LogP contribution is -2.43. The van der Waals surface area contributed by atoms with Crippen LogP contribution in [-0.2, 0) is 11.3 Å². The fourth-order valence-corrected chi connectivity index (χ4v) is 4.05. The van der Waals surface area contributed by atoms with E-state index in [1.54, 1.807) is 18.3 Å². The summed E-state index contributed by atoms with van der Waals surface area (Å²) < 4.78 is 13.6. The van der Waals surface area contributed by atoms with Crippen molar-refractivity contribution in [3.63, 3.8) is 0 Å². The van der Waals surface area contributed by atoms with E-state index in [0.717, 1.165) is 30.8 Å². The maximum atomic E-state index is 13.6. The molecule has 1 amide bonds. The third-order valence-electron chi connectivity index (χ3n) is 5.95. The highest BCUT2D eigenvalue weighted by Crippen LogP contribution is 2.24. The average Bonchev–Trinajstić information content (AvgIpc) is 2.83. The van der Waals surface area contributed by atoms with Crippen LogP contribution < -0.4 is 10.2 Å². The minimum Gasteiger partial charge on any atom is -0.356 e. The van der Waals surface area contributed by atoms with Gasteiger partial charge in [0.25, 0.3) is 0 Å². The van der Waals surface area contributed by atoms with Crippen molar-refractivity contribution in [1.29, 1.82) is 0 Å². The standard InChI is InChI=1S/C26H29FN4O/c1-18(2)20-10-8-19(9-11-20)16-29-26(32)22-6-4-14-31(17-22)24-12-13-28-25(30-24)21-5-3-7-23(27)15-21/h3,5,7-13,15,18,22H,4,6,14,16-17H2,1-2H3,(H,29,32). The van der Waals surface area contributed by atoms with Gasteiger partial charge in [-0.25, -0.2) is 14.4 Å². The fourth-order valence-electron chi connectivity index (χ4n) is 4.05. The van der Waals surface area contributed by atoms with Crippen LogP contribution in [0, 0.1) is 11.7 Å². The summed E-state index contributed by atoms with van der Waals surface area (Å²) in [4.78, 5) is 23.9. The normalized spacial score (nSPS) is 16.2. The van der Waals surface area contributed by atoms with E-state index in [1.165, 1.54) is 17.7 Å². The minimum absolute atomic E-state index is 0.0713. The molecule has 1 aromatic heterocycles. The van der Waals surface area contributed by atoms with Gasteiger partial charge in [-0.1, -0.05) is 50.2 Å². The summed E-state index contributed by atoms with van der Waals surface area (Å²) in [6, 6.07) is 16.5. The van der Waals surface area contributed by atoms with Crippen LogP contribution >= 0.6 is 0 Å². The second kappa shape index (κ2) is 9.90. The average molecular weight is 433 g/mol. The van der Waals surface area contributed by atoms with Crippen molar-refractivity contribution >= 4 is 11.7 Å². The number of nitrogens with zero attached hydrogens (tertiary/aromatic N) is 3. The quantitative estimate of drug-likeness (QED) is 0.600. The molecule has 1 unspecified atom stereocenters. The Morgan fingerprint density at radius 1 is 1.19 bits per heavy atom. The molecule has 6 heteroatoms. The van der Waals surface area contributed by atoms with E-state index in [9.17, 15) is 9.18 Å². The van der Waals surface area contributed by atoms with Crippen LogP contribution in [0.4, 0.5) is 10.2 Å². The van der Waals surface area contributed by atoms with Crippen molar-refractivity contribution in [2.75, 3.05) is 18.0 Å². The summed E-state index contributed by atoms with van der Waals surface area (Å²) in [5, 5.41) is 3.09. The first-order valence-corrected chi connectivity index (χ1v) is 11.2. The summed E-state index contributed by atoms with van der Waals surface area (Å²) in [6.45, 7) is 6.32. The summed E-state index contributed by atoms with van der Waals surface area (Å²) in [5.41, 5.74) is 3.04. The third kappa shape index (κ3) is 5.31. The van der Waals surface area contributed by atoms with Gasteiger partial charge in [0.2, 0.25) is 5.91 Å². The van der Waals surface area contributed by atoms with Crippen LogP contribution in [-0.4, -0.2) is 29.0 Å². The number of aromatic nitrogens is 2. The van der Waals surface area contributed by atoms with E-state index < -0.39 is 0 Å². The van der Waals surface area contributed by atoms with Crippen LogP contribution in [0.25, 0.3) is 11.4 Å². The molecular formula is C26H29FN4O. The van der Waals surface area contributed by atoms with Crippen molar-refractivity contribution in [3.05, 3.63) is 77.7 Å². The minimum atomic E-state index is -0.315. The number of hydrogen-bond donors (Lipinski definition) is 1. The smallest absolute Gasteiger partial charge is 0.225 e. The molecule has 0 radical (unpaired) electrons. The lowest BCUT2D eigenvalue weighted by Gasteiger charge is -2.33. The van der Waals surface area contributed by atoms with E-state index in [1.807, 2.05) is 6.07 Å². The Balaban J connectivity index is 1.39. The number of benzene rings is 2. The molecule has 0 aliphatic carbocycles. The topological polar surface area (TPSA) is 58.1 Å². The number of carbonyl (C=O) groups excluding carboxylic acids is 1. The van der Waals surface area contributed by atoms with Crippen LogP contribution in [0.15, 0.2) is 60.8 Å². The van der Waals surface area contributed by atoms with Gasteiger partial charge in [-0.15, -0.1) is 0 Å². The summed E-state index contributed by atoms with van der Waals surface area (Å²) in [7, 11) is 0. The number of nitrogens with one attached hydrogen (secondary N) is 1. The molecule has 1 aliphatic rings. The highest BCUT2D eigenvalue weighted by Gasteiger charge is 2.26. The number of carbonyl (C=O) groups is 1.